The Hall–Kier alpha value is -0.110. The van der Waals surface area contributed by atoms with Crippen LogP contribution < -0.4 is 0 Å². The molecule has 4 unspecified atom stereocenters. The summed E-state index contributed by atoms with van der Waals surface area (Å²) in [7, 11) is 0. The summed E-state index contributed by atoms with van der Waals surface area (Å²) >= 11 is 5.96. The molecular formula is C19H35NS. The lowest BCUT2D eigenvalue weighted by atomic mass is 9.57. The smallest absolute Gasteiger partial charge is 0.0815 e. The highest BCUT2D eigenvalue weighted by molar-refractivity contribution is 7.80. The highest BCUT2D eigenvalue weighted by Crippen LogP contribution is 2.51. The van der Waals surface area contributed by atoms with E-state index in [1.807, 2.05) is 0 Å². The van der Waals surface area contributed by atoms with Crippen LogP contribution >= 0.6 is 12.2 Å². The predicted octanol–water partition coefficient (Wildman–Crippen LogP) is 5.53. The molecule has 1 saturated carbocycles. The summed E-state index contributed by atoms with van der Waals surface area (Å²) in [6, 6.07) is 0.562. The summed E-state index contributed by atoms with van der Waals surface area (Å²) in [6.07, 6.45) is 6.81. The lowest BCUT2D eigenvalue weighted by Crippen LogP contribution is -2.53. The van der Waals surface area contributed by atoms with E-state index in [1.54, 1.807) is 0 Å². The van der Waals surface area contributed by atoms with Crippen molar-refractivity contribution in [2.45, 2.75) is 79.7 Å². The van der Waals surface area contributed by atoms with Gasteiger partial charge in [0.05, 0.1) is 4.99 Å². The van der Waals surface area contributed by atoms with E-state index >= 15 is 0 Å². The van der Waals surface area contributed by atoms with E-state index in [0.717, 1.165) is 17.8 Å². The average Bonchev–Trinajstić information content (AvgIpc) is 2.40. The fraction of sp³-hybridized carbons (Fsp3) is 0.947. The monoisotopic (exact) mass is 309 g/mol. The third-order valence-corrected chi connectivity index (χ3v) is 7.24. The minimum atomic E-state index is 0.465. The van der Waals surface area contributed by atoms with Crippen molar-refractivity contribution in [3.05, 3.63) is 0 Å². The lowest BCUT2D eigenvalue weighted by Gasteiger charge is -2.53. The molecule has 0 aromatic carbocycles. The Balaban J connectivity index is 2.30. The van der Waals surface area contributed by atoms with Crippen LogP contribution in [0.15, 0.2) is 0 Å². The van der Waals surface area contributed by atoms with Crippen LogP contribution in [0.5, 0.6) is 0 Å². The number of nitrogens with zero attached hydrogens (tertiary/aromatic N) is 1. The molecule has 122 valence electrons. The zero-order valence-corrected chi connectivity index (χ0v) is 15.8. The van der Waals surface area contributed by atoms with Crippen molar-refractivity contribution in [1.29, 1.82) is 0 Å². The SMILES string of the molecule is CC1CCC2C(=S)N(C(C)C)CCC2C(C)(C(C)C)CC1. The van der Waals surface area contributed by atoms with Gasteiger partial charge < -0.3 is 4.90 Å². The summed E-state index contributed by atoms with van der Waals surface area (Å²) in [6.45, 7) is 15.6. The van der Waals surface area contributed by atoms with Gasteiger partial charge in [0.25, 0.3) is 0 Å². The van der Waals surface area contributed by atoms with Crippen molar-refractivity contribution in [1.82, 2.24) is 4.90 Å². The maximum absolute atomic E-state index is 5.96. The minimum Gasteiger partial charge on any atom is -0.363 e. The second-order valence-corrected chi connectivity index (χ2v) is 8.93. The van der Waals surface area contributed by atoms with E-state index in [2.05, 4.69) is 46.4 Å². The Kier molecular flexibility index (Phi) is 5.39. The molecule has 0 aromatic rings. The van der Waals surface area contributed by atoms with Gasteiger partial charge in [-0.2, -0.15) is 0 Å². The molecule has 0 N–H and O–H groups in total. The highest BCUT2D eigenvalue weighted by Gasteiger charge is 2.46. The van der Waals surface area contributed by atoms with Crippen LogP contribution in [0.1, 0.15) is 73.6 Å². The molecule has 0 spiro atoms. The molecule has 0 radical (unpaired) electrons. The molecule has 2 aliphatic rings. The number of rotatable bonds is 2. The Bertz CT molecular complexity index is 376. The van der Waals surface area contributed by atoms with E-state index in [0.29, 0.717) is 17.4 Å². The van der Waals surface area contributed by atoms with Gasteiger partial charge in [-0.05, 0) is 56.3 Å². The van der Waals surface area contributed by atoms with Gasteiger partial charge in [-0.1, -0.05) is 52.8 Å². The number of fused-ring (bicyclic) bond motifs is 1. The molecule has 1 nitrogen and oxygen atoms in total. The molecule has 1 heterocycles. The summed E-state index contributed by atoms with van der Waals surface area (Å²) in [5, 5.41) is 0. The second-order valence-electron chi connectivity index (χ2n) is 8.51. The number of piperidine rings is 1. The highest BCUT2D eigenvalue weighted by atomic mass is 32.1. The predicted molar refractivity (Wildman–Crippen MR) is 96.6 cm³/mol. The average molecular weight is 310 g/mol. The van der Waals surface area contributed by atoms with Crippen molar-refractivity contribution in [3.8, 4) is 0 Å². The van der Waals surface area contributed by atoms with Crippen LogP contribution in [0.25, 0.3) is 0 Å². The molecule has 21 heavy (non-hydrogen) atoms. The van der Waals surface area contributed by atoms with Gasteiger partial charge in [-0.15, -0.1) is 0 Å². The van der Waals surface area contributed by atoms with Crippen molar-refractivity contribution < 1.29 is 0 Å². The molecule has 2 rings (SSSR count). The zero-order valence-electron chi connectivity index (χ0n) is 15.0. The van der Waals surface area contributed by atoms with Crippen molar-refractivity contribution in [2.24, 2.45) is 29.1 Å². The van der Waals surface area contributed by atoms with Crippen LogP contribution in [0.4, 0.5) is 0 Å². The Morgan fingerprint density at radius 2 is 1.76 bits per heavy atom. The van der Waals surface area contributed by atoms with E-state index < -0.39 is 0 Å². The topological polar surface area (TPSA) is 3.24 Å². The van der Waals surface area contributed by atoms with E-state index in [9.17, 15) is 0 Å². The maximum Gasteiger partial charge on any atom is 0.0815 e. The third-order valence-electron chi connectivity index (χ3n) is 6.70. The van der Waals surface area contributed by atoms with Crippen LogP contribution in [-0.2, 0) is 0 Å². The number of thiocarbonyl (C=S) groups is 1. The molecule has 0 aromatic heterocycles. The Morgan fingerprint density at radius 1 is 1.10 bits per heavy atom. The van der Waals surface area contributed by atoms with E-state index in [4.69, 9.17) is 12.2 Å². The van der Waals surface area contributed by atoms with E-state index in [1.165, 1.54) is 43.6 Å². The molecule has 1 saturated heterocycles. The summed E-state index contributed by atoms with van der Waals surface area (Å²) in [5.41, 5.74) is 0.465. The van der Waals surface area contributed by atoms with Crippen LogP contribution in [0, 0.1) is 29.1 Å². The minimum absolute atomic E-state index is 0.465. The molecule has 2 heteroatoms. The lowest BCUT2D eigenvalue weighted by molar-refractivity contribution is 0.0240. The first-order chi connectivity index (χ1) is 9.77. The van der Waals surface area contributed by atoms with Gasteiger partial charge in [0.15, 0.2) is 0 Å². The fourth-order valence-electron chi connectivity index (χ4n) is 4.67. The van der Waals surface area contributed by atoms with Gasteiger partial charge in [0.1, 0.15) is 0 Å². The third kappa shape index (κ3) is 3.30. The summed E-state index contributed by atoms with van der Waals surface area (Å²) in [5.74, 6) is 3.06. The molecule has 1 aliphatic carbocycles. The molecule has 1 aliphatic heterocycles. The van der Waals surface area contributed by atoms with Crippen molar-refractivity contribution in [3.63, 3.8) is 0 Å². The second kappa shape index (κ2) is 6.56. The standard InChI is InChI=1S/C19H35NS/c1-13(2)19(6)11-9-15(5)7-8-16-17(19)10-12-20(14(3)4)18(16)21/h13-17H,7-12H2,1-6H3. The molecule has 0 bridgehead atoms. The first-order valence-electron chi connectivity index (χ1n) is 9.07. The Morgan fingerprint density at radius 3 is 2.33 bits per heavy atom. The van der Waals surface area contributed by atoms with Gasteiger partial charge in [0.2, 0.25) is 0 Å². The summed E-state index contributed by atoms with van der Waals surface area (Å²) in [4.78, 5) is 3.78. The van der Waals surface area contributed by atoms with Gasteiger partial charge in [-0.3, -0.25) is 0 Å². The normalized spacial score (nSPS) is 38.4. The molecule has 0 amide bonds. The summed E-state index contributed by atoms with van der Waals surface area (Å²) < 4.78 is 0. The van der Waals surface area contributed by atoms with Crippen LogP contribution in [0.3, 0.4) is 0 Å². The quantitative estimate of drug-likeness (QED) is 0.617. The largest absolute Gasteiger partial charge is 0.363 e. The van der Waals surface area contributed by atoms with Crippen molar-refractivity contribution in [2.75, 3.05) is 6.54 Å². The molecule has 4 atom stereocenters. The zero-order chi connectivity index (χ0) is 15.8. The molecular weight excluding hydrogens is 274 g/mol. The number of hydrogen-bond donors (Lipinski definition) is 0. The van der Waals surface area contributed by atoms with Crippen LogP contribution in [0.2, 0.25) is 0 Å². The first-order valence-corrected chi connectivity index (χ1v) is 9.48. The maximum atomic E-state index is 5.96. The Labute approximate surface area is 137 Å². The van der Waals surface area contributed by atoms with Gasteiger partial charge in [0, 0.05) is 18.5 Å². The first kappa shape index (κ1) is 17.2. The van der Waals surface area contributed by atoms with E-state index in [-0.39, 0.29) is 0 Å². The fourth-order valence-corrected chi connectivity index (χ4v) is 5.25. The number of likely N-dealkylation sites (tertiary alicyclic amines) is 1. The van der Waals surface area contributed by atoms with Crippen molar-refractivity contribution >= 4 is 17.2 Å². The molecule has 2 fully saturated rings. The number of hydrogen-bond acceptors (Lipinski definition) is 1. The van der Waals surface area contributed by atoms with Gasteiger partial charge in [-0.25, -0.2) is 0 Å². The van der Waals surface area contributed by atoms with Crippen LogP contribution in [-0.4, -0.2) is 22.5 Å². The van der Waals surface area contributed by atoms with Gasteiger partial charge >= 0.3 is 0 Å².